The topological polar surface area (TPSA) is 113 Å². The van der Waals surface area contributed by atoms with E-state index in [1.807, 2.05) is 6.07 Å². The third-order valence-corrected chi connectivity index (χ3v) is 9.14. The zero-order valence-corrected chi connectivity index (χ0v) is 19.4. The van der Waals surface area contributed by atoms with Gasteiger partial charge < -0.3 is 0 Å². The number of piperidine rings is 1. The van der Waals surface area contributed by atoms with Crippen molar-refractivity contribution in [3.8, 4) is 0 Å². The molecule has 2 aromatic rings. The highest BCUT2D eigenvalue weighted by molar-refractivity contribution is 7.89. The summed E-state index contributed by atoms with van der Waals surface area (Å²) >= 11 is 1.47. The maximum atomic E-state index is 12.9. The minimum Gasteiger partial charge on any atom is -0.295 e. The molecule has 0 radical (unpaired) electrons. The van der Waals surface area contributed by atoms with E-state index in [-0.39, 0.29) is 41.5 Å². The molecule has 0 bridgehead atoms. The van der Waals surface area contributed by atoms with Gasteiger partial charge in [-0.25, -0.2) is 8.42 Å². The summed E-state index contributed by atoms with van der Waals surface area (Å²) < 4.78 is 27.1. The lowest BCUT2D eigenvalue weighted by molar-refractivity contribution is -0.126. The number of Topliss-reactive ketones (excluding diaryl/α,β-unsaturated/α-hetero) is 1. The highest BCUT2D eigenvalue weighted by Gasteiger charge is 2.32. The second kappa shape index (κ2) is 9.13. The van der Waals surface area contributed by atoms with E-state index in [9.17, 15) is 22.8 Å². The number of amides is 2. The summed E-state index contributed by atoms with van der Waals surface area (Å²) in [6, 6.07) is 7.75. The number of benzene rings is 1. The molecule has 2 amide bonds. The number of rotatable bonds is 5. The van der Waals surface area contributed by atoms with E-state index in [2.05, 4.69) is 10.9 Å². The Morgan fingerprint density at radius 3 is 2.34 bits per heavy atom. The second-order valence-electron chi connectivity index (χ2n) is 8.11. The number of carbonyl (C=O) groups is 3. The molecule has 2 N–H and O–H groups in total. The molecule has 1 aliphatic carbocycles. The van der Waals surface area contributed by atoms with Gasteiger partial charge in [0.15, 0.2) is 5.78 Å². The van der Waals surface area contributed by atoms with Gasteiger partial charge in [-0.05, 0) is 62.8 Å². The SMILES string of the molecule is CC(=O)c1ccc(S(=O)(=O)N2CCC(C(=O)NNC(=O)c3cc4c(s3)CCC4)CC2)cc1. The first kappa shape index (κ1) is 22.6. The molecule has 0 saturated carbocycles. The van der Waals surface area contributed by atoms with Crippen LogP contribution in [0, 0.1) is 5.92 Å². The largest absolute Gasteiger partial charge is 0.295 e. The van der Waals surface area contributed by atoms with E-state index in [1.165, 1.54) is 57.3 Å². The van der Waals surface area contributed by atoms with E-state index in [1.54, 1.807) is 0 Å². The van der Waals surface area contributed by atoms with Crippen molar-refractivity contribution in [1.82, 2.24) is 15.2 Å². The lowest BCUT2D eigenvalue weighted by atomic mass is 9.98. The lowest BCUT2D eigenvalue weighted by Gasteiger charge is -2.30. The van der Waals surface area contributed by atoms with E-state index >= 15 is 0 Å². The standard InChI is InChI=1S/C22H25N3O5S2/c1-14(26)15-5-7-18(8-6-15)32(29,30)25-11-9-16(10-12-25)21(27)23-24-22(28)20-13-17-3-2-4-19(17)31-20/h5-8,13,16H,2-4,9-12H2,1H3,(H,23,27)(H,24,28). The number of ketones is 1. The molecule has 4 rings (SSSR count). The molecule has 1 aromatic heterocycles. The maximum absolute atomic E-state index is 12.9. The first-order chi connectivity index (χ1) is 15.3. The van der Waals surface area contributed by atoms with Gasteiger partial charge in [0.05, 0.1) is 9.77 Å². The maximum Gasteiger partial charge on any atom is 0.279 e. The average Bonchev–Trinajstić information content (AvgIpc) is 3.40. The summed E-state index contributed by atoms with van der Waals surface area (Å²) in [5.74, 6) is -1.15. The summed E-state index contributed by atoms with van der Waals surface area (Å²) in [6.45, 7) is 1.84. The van der Waals surface area contributed by atoms with E-state index in [0.29, 0.717) is 23.3 Å². The number of nitrogens with zero attached hydrogens (tertiary/aromatic N) is 1. The third kappa shape index (κ3) is 4.62. The molecule has 8 nitrogen and oxygen atoms in total. The molecule has 170 valence electrons. The van der Waals surface area contributed by atoms with Crippen molar-refractivity contribution >= 4 is 39.0 Å². The summed E-state index contributed by atoms with van der Waals surface area (Å²) in [7, 11) is -3.69. The molecule has 1 aliphatic heterocycles. The third-order valence-electron chi connectivity index (χ3n) is 5.99. The number of hydrogen-bond donors (Lipinski definition) is 2. The molecule has 10 heteroatoms. The Morgan fingerprint density at radius 1 is 1.03 bits per heavy atom. The van der Waals surface area contributed by atoms with Crippen LogP contribution >= 0.6 is 11.3 Å². The molecule has 0 atom stereocenters. The Bertz CT molecular complexity index is 1130. The van der Waals surface area contributed by atoms with E-state index in [4.69, 9.17) is 0 Å². The molecule has 1 saturated heterocycles. The Hall–Kier alpha value is -2.56. The first-order valence-electron chi connectivity index (χ1n) is 10.6. The van der Waals surface area contributed by atoms with Crippen LogP contribution < -0.4 is 10.9 Å². The van der Waals surface area contributed by atoms with Gasteiger partial charge in [0.1, 0.15) is 0 Å². The zero-order chi connectivity index (χ0) is 22.9. The van der Waals surface area contributed by atoms with Crippen molar-refractivity contribution in [2.45, 2.75) is 43.9 Å². The van der Waals surface area contributed by atoms with Crippen LogP contribution in [0.2, 0.25) is 0 Å². The quantitative estimate of drug-likeness (QED) is 0.509. The average molecular weight is 476 g/mol. The van der Waals surface area contributed by atoms with Crippen LogP contribution in [-0.2, 0) is 27.7 Å². The molecule has 0 spiro atoms. The fourth-order valence-corrected chi connectivity index (χ4v) is 6.71. The predicted octanol–water partition coefficient (Wildman–Crippen LogP) is 2.30. The second-order valence-corrected chi connectivity index (χ2v) is 11.2. The smallest absolute Gasteiger partial charge is 0.279 e. The minimum atomic E-state index is -3.69. The van der Waals surface area contributed by atoms with Crippen molar-refractivity contribution in [1.29, 1.82) is 0 Å². The van der Waals surface area contributed by atoms with Crippen molar-refractivity contribution in [3.05, 3.63) is 51.2 Å². The van der Waals surface area contributed by atoms with Gasteiger partial charge in [0.25, 0.3) is 5.91 Å². The Morgan fingerprint density at radius 2 is 1.72 bits per heavy atom. The monoisotopic (exact) mass is 475 g/mol. The minimum absolute atomic E-state index is 0.125. The molecule has 0 unspecified atom stereocenters. The van der Waals surface area contributed by atoms with Crippen LogP contribution in [0.15, 0.2) is 35.2 Å². The van der Waals surface area contributed by atoms with Gasteiger partial charge in [0.2, 0.25) is 15.9 Å². The van der Waals surface area contributed by atoms with Crippen LogP contribution in [0.3, 0.4) is 0 Å². The number of hydrogen-bond acceptors (Lipinski definition) is 6. The summed E-state index contributed by atoms with van der Waals surface area (Å²) in [4.78, 5) is 38.1. The molecule has 1 fully saturated rings. The highest BCUT2D eigenvalue weighted by atomic mass is 32.2. The molecule has 32 heavy (non-hydrogen) atoms. The number of thiophene rings is 1. The number of hydrazine groups is 1. The Balaban J connectivity index is 1.29. The summed E-state index contributed by atoms with van der Waals surface area (Å²) in [5.41, 5.74) is 6.64. The number of carbonyl (C=O) groups excluding carboxylic acids is 3. The fourth-order valence-electron chi connectivity index (χ4n) is 4.09. The molecule has 2 heterocycles. The number of fused-ring (bicyclic) bond motifs is 1. The summed E-state index contributed by atoms with van der Waals surface area (Å²) in [6.07, 6.45) is 3.84. The predicted molar refractivity (Wildman–Crippen MR) is 120 cm³/mol. The van der Waals surface area contributed by atoms with Gasteiger partial charge in [0, 0.05) is 29.4 Å². The molecular formula is C22H25N3O5S2. The zero-order valence-electron chi connectivity index (χ0n) is 17.7. The molecule has 2 aliphatic rings. The van der Waals surface area contributed by atoms with Crippen LogP contribution in [0.1, 0.15) is 56.7 Å². The number of aryl methyl sites for hydroxylation is 2. The van der Waals surface area contributed by atoms with Gasteiger partial charge in [-0.1, -0.05) is 12.1 Å². The number of nitrogens with one attached hydrogen (secondary N) is 2. The van der Waals surface area contributed by atoms with Crippen LogP contribution in [0.25, 0.3) is 0 Å². The molecule has 1 aromatic carbocycles. The fraction of sp³-hybridized carbons (Fsp3) is 0.409. The van der Waals surface area contributed by atoms with Crippen molar-refractivity contribution in [3.63, 3.8) is 0 Å². The highest BCUT2D eigenvalue weighted by Crippen LogP contribution is 2.30. The van der Waals surface area contributed by atoms with Crippen molar-refractivity contribution in [2.75, 3.05) is 13.1 Å². The van der Waals surface area contributed by atoms with Crippen LogP contribution in [-0.4, -0.2) is 43.4 Å². The van der Waals surface area contributed by atoms with E-state index in [0.717, 1.165) is 19.3 Å². The number of sulfonamides is 1. The van der Waals surface area contributed by atoms with Gasteiger partial charge >= 0.3 is 0 Å². The first-order valence-corrected chi connectivity index (χ1v) is 12.8. The normalized spacial score (nSPS) is 17.0. The summed E-state index contributed by atoms with van der Waals surface area (Å²) in [5, 5.41) is 0. The van der Waals surface area contributed by atoms with Gasteiger partial charge in [-0.2, -0.15) is 4.31 Å². The van der Waals surface area contributed by atoms with Crippen molar-refractivity contribution < 1.29 is 22.8 Å². The van der Waals surface area contributed by atoms with Gasteiger partial charge in [-0.15, -0.1) is 11.3 Å². The molecular weight excluding hydrogens is 450 g/mol. The van der Waals surface area contributed by atoms with Crippen molar-refractivity contribution in [2.24, 2.45) is 5.92 Å². The van der Waals surface area contributed by atoms with E-state index < -0.39 is 10.0 Å². The van der Waals surface area contributed by atoms with Crippen LogP contribution in [0.4, 0.5) is 0 Å². The van der Waals surface area contributed by atoms with Crippen LogP contribution in [0.5, 0.6) is 0 Å². The van der Waals surface area contributed by atoms with Gasteiger partial charge in [-0.3, -0.25) is 25.2 Å². The lowest BCUT2D eigenvalue weighted by Crippen LogP contribution is -2.48. The Kier molecular flexibility index (Phi) is 6.45. The Labute approximate surface area is 191 Å².